The lowest BCUT2D eigenvalue weighted by Gasteiger charge is -2.28. The molecular weight excluding hydrogens is 444 g/mol. The summed E-state index contributed by atoms with van der Waals surface area (Å²) in [6.07, 6.45) is 7.50. The van der Waals surface area contributed by atoms with Crippen LogP contribution < -0.4 is 5.32 Å². The highest BCUT2D eigenvalue weighted by molar-refractivity contribution is 5.98. The van der Waals surface area contributed by atoms with Crippen molar-refractivity contribution in [2.24, 2.45) is 5.92 Å². The van der Waals surface area contributed by atoms with Crippen LogP contribution in [-0.2, 0) is 9.47 Å². The van der Waals surface area contributed by atoms with Crippen LogP contribution in [0, 0.1) is 5.92 Å². The second-order valence-electron chi connectivity index (χ2n) is 11.4. The van der Waals surface area contributed by atoms with E-state index in [2.05, 4.69) is 5.32 Å². The number of anilines is 1. The van der Waals surface area contributed by atoms with Crippen LogP contribution in [0.3, 0.4) is 0 Å². The van der Waals surface area contributed by atoms with Crippen LogP contribution in [0.1, 0.15) is 103 Å². The van der Waals surface area contributed by atoms with Crippen molar-refractivity contribution in [1.82, 2.24) is 4.90 Å². The second kappa shape index (κ2) is 12.9. The van der Waals surface area contributed by atoms with Gasteiger partial charge in [-0.3, -0.25) is 4.79 Å². The van der Waals surface area contributed by atoms with Crippen molar-refractivity contribution in [3.05, 3.63) is 29.8 Å². The predicted octanol–water partition coefficient (Wildman–Crippen LogP) is 7.20. The van der Waals surface area contributed by atoms with Gasteiger partial charge in [-0.05, 0) is 72.4 Å². The molecule has 0 saturated heterocycles. The number of benzene rings is 1. The molecule has 0 radical (unpaired) electrons. The van der Waals surface area contributed by atoms with E-state index < -0.39 is 23.4 Å². The fourth-order valence-corrected chi connectivity index (χ4v) is 4.15. The summed E-state index contributed by atoms with van der Waals surface area (Å²) >= 11 is 0. The van der Waals surface area contributed by atoms with Crippen molar-refractivity contribution in [3.8, 4) is 0 Å². The molecule has 0 bridgehead atoms. The molecule has 7 heteroatoms. The minimum Gasteiger partial charge on any atom is -0.443 e. The number of ketones is 1. The van der Waals surface area contributed by atoms with Crippen molar-refractivity contribution < 1.29 is 23.9 Å². The Kier molecular flexibility index (Phi) is 10.6. The van der Waals surface area contributed by atoms with Gasteiger partial charge in [-0.2, -0.15) is 0 Å². The topological polar surface area (TPSA) is 84.9 Å². The molecule has 1 fully saturated rings. The van der Waals surface area contributed by atoms with Crippen LogP contribution in [-0.4, -0.2) is 47.2 Å². The number of nitrogens with zero attached hydrogens (tertiary/aromatic N) is 1. The first-order valence-electron chi connectivity index (χ1n) is 12.9. The van der Waals surface area contributed by atoms with Gasteiger partial charge in [-0.15, -0.1) is 0 Å². The smallest absolute Gasteiger partial charge is 0.419 e. The van der Waals surface area contributed by atoms with Gasteiger partial charge in [0.05, 0.1) is 0 Å². The van der Waals surface area contributed by atoms with Crippen molar-refractivity contribution in [2.75, 3.05) is 18.4 Å². The standard InChI is InChI=1S/C28H44N2O5/c1-27(2,3)34-25(32)30(26(33)35-28(4,5)6)19-17-24(31)22-15-10-16-23(20-22)29-18-11-14-21-12-8-7-9-13-21/h10,15-16,20-21,29H,7-9,11-14,17-19H2,1-6H3. The number of hydrogen-bond acceptors (Lipinski definition) is 6. The Bertz CT molecular complexity index is 820. The van der Waals surface area contributed by atoms with E-state index in [4.69, 9.17) is 9.47 Å². The Morgan fingerprint density at radius 2 is 1.54 bits per heavy atom. The van der Waals surface area contributed by atoms with Crippen LogP contribution in [0.2, 0.25) is 0 Å². The molecule has 2 rings (SSSR count). The number of imide groups is 1. The zero-order valence-electron chi connectivity index (χ0n) is 22.4. The largest absolute Gasteiger partial charge is 0.443 e. The molecule has 1 N–H and O–H groups in total. The third-order valence-electron chi connectivity index (χ3n) is 5.82. The Labute approximate surface area is 210 Å². The molecule has 196 valence electrons. The van der Waals surface area contributed by atoms with E-state index >= 15 is 0 Å². The van der Waals surface area contributed by atoms with Crippen LogP contribution in [0.25, 0.3) is 0 Å². The summed E-state index contributed by atoms with van der Waals surface area (Å²) in [7, 11) is 0. The highest BCUT2D eigenvalue weighted by Crippen LogP contribution is 2.27. The van der Waals surface area contributed by atoms with E-state index in [0.29, 0.717) is 5.56 Å². The first kappa shape index (κ1) is 28.7. The Hall–Kier alpha value is -2.57. The Morgan fingerprint density at radius 3 is 2.11 bits per heavy atom. The minimum absolute atomic E-state index is 0.0242. The summed E-state index contributed by atoms with van der Waals surface area (Å²) in [4.78, 5) is 39.0. The van der Waals surface area contributed by atoms with Gasteiger partial charge in [0, 0.05) is 30.8 Å². The summed E-state index contributed by atoms with van der Waals surface area (Å²) in [5.74, 6) is 0.698. The summed E-state index contributed by atoms with van der Waals surface area (Å²) in [5.41, 5.74) is -0.123. The van der Waals surface area contributed by atoms with Gasteiger partial charge in [-0.25, -0.2) is 14.5 Å². The summed E-state index contributed by atoms with van der Waals surface area (Å²) in [6, 6.07) is 7.37. The Morgan fingerprint density at radius 1 is 0.943 bits per heavy atom. The maximum absolute atomic E-state index is 12.9. The molecule has 1 aromatic carbocycles. The van der Waals surface area contributed by atoms with Crippen molar-refractivity contribution in [2.45, 2.75) is 104 Å². The Balaban J connectivity index is 1.93. The van der Waals surface area contributed by atoms with Gasteiger partial charge in [0.2, 0.25) is 0 Å². The second-order valence-corrected chi connectivity index (χ2v) is 11.4. The SMILES string of the molecule is CC(C)(C)OC(=O)N(CCC(=O)c1cccc(NCCCC2CCCCC2)c1)C(=O)OC(C)(C)C. The van der Waals surface area contributed by atoms with Gasteiger partial charge in [0.15, 0.2) is 5.78 Å². The molecule has 0 aromatic heterocycles. The number of amides is 2. The summed E-state index contributed by atoms with van der Waals surface area (Å²) < 4.78 is 10.7. The van der Waals surface area contributed by atoms with Gasteiger partial charge >= 0.3 is 12.2 Å². The maximum Gasteiger partial charge on any atom is 0.419 e. The molecule has 1 aromatic rings. The lowest BCUT2D eigenvalue weighted by molar-refractivity contribution is 0.00166. The minimum atomic E-state index is -0.826. The fourth-order valence-electron chi connectivity index (χ4n) is 4.15. The zero-order chi connectivity index (χ0) is 26.1. The predicted molar refractivity (Wildman–Crippen MR) is 139 cm³/mol. The molecule has 0 atom stereocenters. The lowest BCUT2D eigenvalue weighted by atomic mass is 9.86. The van der Waals surface area contributed by atoms with Crippen molar-refractivity contribution in [3.63, 3.8) is 0 Å². The molecule has 1 saturated carbocycles. The van der Waals surface area contributed by atoms with Gasteiger partial charge in [0.1, 0.15) is 11.2 Å². The van der Waals surface area contributed by atoms with E-state index in [9.17, 15) is 14.4 Å². The van der Waals surface area contributed by atoms with E-state index in [1.54, 1.807) is 47.6 Å². The number of hydrogen-bond donors (Lipinski definition) is 1. The van der Waals surface area contributed by atoms with Gasteiger partial charge in [-0.1, -0.05) is 44.2 Å². The molecule has 0 heterocycles. The van der Waals surface area contributed by atoms with Crippen LogP contribution in [0.15, 0.2) is 24.3 Å². The number of Topliss-reactive ketones (excluding diaryl/α,β-unsaturated/α-hetero) is 1. The third kappa shape index (κ3) is 11.1. The summed E-state index contributed by atoms with van der Waals surface area (Å²) in [6.45, 7) is 11.1. The third-order valence-corrected chi connectivity index (χ3v) is 5.82. The number of carbonyl (C=O) groups is 3. The molecular formula is C28H44N2O5. The van der Waals surface area contributed by atoms with Crippen LogP contribution in [0.4, 0.5) is 15.3 Å². The van der Waals surface area contributed by atoms with Crippen LogP contribution >= 0.6 is 0 Å². The molecule has 1 aliphatic carbocycles. The normalized spacial score (nSPS) is 14.8. The lowest BCUT2D eigenvalue weighted by Crippen LogP contribution is -2.44. The average Bonchev–Trinajstić information content (AvgIpc) is 2.75. The molecule has 35 heavy (non-hydrogen) atoms. The first-order chi connectivity index (χ1) is 16.3. The first-order valence-corrected chi connectivity index (χ1v) is 12.9. The molecule has 2 amide bonds. The van der Waals surface area contributed by atoms with Crippen LogP contribution in [0.5, 0.6) is 0 Å². The van der Waals surface area contributed by atoms with E-state index in [0.717, 1.165) is 29.5 Å². The van der Waals surface area contributed by atoms with Crippen molar-refractivity contribution in [1.29, 1.82) is 0 Å². The van der Waals surface area contributed by atoms with Gasteiger partial charge in [0.25, 0.3) is 0 Å². The highest BCUT2D eigenvalue weighted by atomic mass is 16.6. The quantitative estimate of drug-likeness (QED) is 0.292. The molecule has 0 unspecified atom stereocenters. The van der Waals surface area contributed by atoms with E-state index in [-0.39, 0.29) is 18.7 Å². The number of carbonyl (C=O) groups excluding carboxylic acids is 3. The molecule has 0 spiro atoms. The highest BCUT2D eigenvalue weighted by Gasteiger charge is 2.31. The maximum atomic E-state index is 12.9. The molecule has 1 aliphatic rings. The molecule has 0 aliphatic heterocycles. The van der Waals surface area contributed by atoms with Gasteiger partial charge < -0.3 is 14.8 Å². The summed E-state index contributed by atoms with van der Waals surface area (Å²) in [5, 5.41) is 3.42. The van der Waals surface area contributed by atoms with Crippen molar-refractivity contribution >= 4 is 23.7 Å². The zero-order valence-corrected chi connectivity index (χ0v) is 22.4. The average molecular weight is 489 g/mol. The monoisotopic (exact) mass is 488 g/mol. The number of nitrogens with one attached hydrogen (secondary N) is 1. The molecule has 7 nitrogen and oxygen atoms in total. The van der Waals surface area contributed by atoms with E-state index in [1.807, 2.05) is 18.2 Å². The van der Waals surface area contributed by atoms with E-state index in [1.165, 1.54) is 38.5 Å². The fraction of sp³-hybridized carbons (Fsp3) is 0.679. The number of ether oxygens (including phenoxy) is 2. The number of rotatable bonds is 9.